The van der Waals surface area contributed by atoms with Crippen molar-refractivity contribution in [3.8, 4) is 0 Å². The Morgan fingerprint density at radius 2 is 1.90 bits per heavy atom. The van der Waals surface area contributed by atoms with Crippen molar-refractivity contribution in [1.82, 2.24) is 20.1 Å². The number of amides is 2. The summed E-state index contributed by atoms with van der Waals surface area (Å²) in [7, 11) is 0. The van der Waals surface area contributed by atoms with Gasteiger partial charge in [0.25, 0.3) is 0 Å². The molecule has 0 unspecified atom stereocenters. The molecule has 0 saturated carbocycles. The van der Waals surface area contributed by atoms with E-state index >= 15 is 0 Å². The van der Waals surface area contributed by atoms with Gasteiger partial charge in [-0.3, -0.25) is 4.90 Å². The number of nitrogens with one attached hydrogen (secondary N) is 1. The molecule has 2 aliphatic rings. The summed E-state index contributed by atoms with van der Waals surface area (Å²) in [5, 5.41) is 3.05. The van der Waals surface area contributed by atoms with Gasteiger partial charge in [0.2, 0.25) is 0 Å². The summed E-state index contributed by atoms with van der Waals surface area (Å²) in [5.41, 5.74) is 1.04. The van der Waals surface area contributed by atoms with Crippen LogP contribution in [0.5, 0.6) is 0 Å². The number of rotatable bonds is 5. The van der Waals surface area contributed by atoms with E-state index < -0.39 is 0 Å². The first-order valence-corrected chi connectivity index (χ1v) is 12.4. The normalized spacial score (nSPS) is 18.6. The van der Waals surface area contributed by atoms with Crippen LogP contribution < -0.4 is 10.2 Å². The van der Waals surface area contributed by atoms with E-state index in [1.165, 1.54) is 21.5 Å². The molecule has 0 bridgehead atoms. The molecule has 0 radical (unpaired) electrons. The highest BCUT2D eigenvalue weighted by molar-refractivity contribution is 9.11. The SMILES string of the molecule is CC1CCN(c2ccc(CNC(=O)N3CCN(Cc4ccc(Br)s4)CC3)cn2)CC1. The summed E-state index contributed by atoms with van der Waals surface area (Å²) in [6.07, 6.45) is 4.36. The largest absolute Gasteiger partial charge is 0.357 e. The zero-order chi connectivity index (χ0) is 20.9. The minimum absolute atomic E-state index is 0.0163. The molecule has 0 aliphatic carbocycles. The molecule has 162 valence electrons. The zero-order valence-corrected chi connectivity index (χ0v) is 19.9. The third-order valence-corrected chi connectivity index (χ3v) is 7.64. The highest BCUT2D eigenvalue weighted by Crippen LogP contribution is 2.24. The fraction of sp³-hybridized carbons (Fsp3) is 0.545. The molecule has 0 aromatic carbocycles. The Labute approximate surface area is 191 Å². The van der Waals surface area contributed by atoms with Crippen LogP contribution in [0.1, 0.15) is 30.2 Å². The van der Waals surface area contributed by atoms with Gasteiger partial charge in [0.1, 0.15) is 5.82 Å². The molecule has 0 atom stereocenters. The van der Waals surface area contributed by atoms with Crippen LogP contribution in [0.3, 0.4) is 0 Å². The van der Waals surface area contributed by atoms with Gasteiger partial charge in [0.05, 0.1) is 3.79 Å². The molecule has 2 aromatic heterocycles. The van der Waals surface area contributed by atoms with Crippen molar-refractivity contribution in [2.24, 2.45) is 5.92 Å². The lowest BCUT2D eigenvalue weighted by Crippen LogP contribution is -2.51. The maximum Gasteiger partial charge on any atom is 0.317 e. The Morgan fingerprint density at radius 3 is 2.53 bits per heavy atom. The molecule has 30 heavy (non-hydrogen) atoms. The first-order valence-electron chi connectivity index (χ1n) is 10.8. The average Bonchev–Trinajstić information content (AvgIpc) is 3.18. The maximum atomic E-state index is 12.5. The Bertz CT molecular complexity index is 826. The van der Waals surface area contributed by atoms with E-state index in [-0.39, 0.29) is 6.03 Å². The summed E-state index contributed by atoms with van der Waals surface area (Å²) in [6.45, 7) is 9.32. The van der Waals surface area contributed by atoms with Gasteiger partial charge in [-0.15, -0.1) is 11.3 Å². The van der Waals surface area contributed by atoms with Gasteiger partial charge in [0, 0.05) is 63.4 Å². The summed E-state index contributed by atoms with van der Waals surface area (Å²) >= 11 is 5.30. The van der Waals surface area contributed by atoms with Crippen LogP contribution >= 0.6 is 27.3 Å². The van der Waals surface area contributed by atoms with Crippen molar-refractivity contribution in [3.63, 3.8) is 0 Å². The van der Waals surface area contributed by atoms with Crippen molar-refractivity contribution in [1.29, 1.82) is 0 Å². The molecule has 2 saturated heterocycles. The summed E-state index contributed by atoms with van der Waals surface area (Å²) in [4.78, 5) is 25.2. The summed E-state index contributed by atoms with van der Waals surface area (Å²) in [6, 6.07) is 8.44. The number of halogens is 1. The highest BCUT2D eigenvalue weighted by Gasteiger charge is 2.21. The lowest BCUT2D eigenvalue weighted by Gasteiger charge is -2.34. The van der Waals surface area contributed by atoms with Gasteiger partial charge in [-0.05, 0) is 58.5 Å². The zero-order valence-electron chi connectivity index (χ0n) is 17.5. The molecule has 2 fully saturated rings. The number of anilines is 1. The lowest BCUT2D eigenvalue weighted by molar-refractivity contribution is 0.135. The summed E-state index contributed by atoms with van der Waals surface area (Å²) < 4.78 is 1.17. The number of thiophene rings is 1. The van der Waals surface area contributed by atoms with E-state index in [1.54, 1.807) is 11.3 Å². The van der Waals surface area contributed by atoms with Crippen molar-refractivity contribution in [3.05, 3.63) is 44.7 Å². The van der Waals surface area contributed by atoms with Crippen LogP contribution in [-0.4, -0.2) is 60.1 Å². The van der Waals surface area contributed by atoms with Crippen LogP contribution in [0.25, 0.3) is 0 Å². The number of hydrogen-bond donors (Lipinski definition) is 1. The molecular formula is C22H30BrN5OS. The number of nitrogens with zero attached hydrogens (tertiary/aromatic N) is 4. The van der Waals surface area contributed by atoms with E-state index in [1.807, 2.05) is 11.1 Å². The van der Waals surface area contributed by atoms with Gasteiger partial charge >= 0.3 is 6.03 Å². The van der Waals surface area contributed by atoms with Crippen molar-refractivity contribution in [2.75, 3.05) is 44.2 Å². The minimum atomic E-state index is 0.0163. The molecule has 4 rings (SSSR count). The van der Waals surface area contributed by atoms with Crippen molar-refractivity contribution in [2.45, 2.75) is 32.9 Å². The number of urea groups is 1. The molecule has 2 aromatic rings. The van der Waals surface area contributed by atoms with Crippen molar-refractivity contribution >= 4 is 39.1 Å². The number of carbonyl (C=O) groups is 1. The van der Waals surface area contributed by atoms with Crippen LogP contribution in [-0.2, 0) is 13.1 Å². The first kappa shape index (κ1) is 21.6. The standard InChI is InChI=1S/C22H30BrN5OS/c1-17-6-8-27(9-7-17)21-5-2-18(14-24-21)15-25-22(29)28-12-10-26(11-13-28)16-19-3-4-20(23)30-19/h2-5,14,17H,6-13,15-16H2,1H3,(H,25,29). The predicted molar refractivity (Wildman–Crippen MR) is 126 cm³/mol. The molecule has 6 nitrogen and oxygen atoms in total. The Balaban J connectivity index is 1.19. The quantitative estimate of drug-likeness (QED) is 0.681. The molecule has 4 heterocycles. The van der Waals surface area contributed by atoms with E-state index in [2.05, 4.69) is 67.2 Å². The Hall–Kier alpha value is -1.64. The second kappa shape index (κ2) is 10.1. The average molecular weight is 492 g/mol. The number of aromatic nitrogens is 1. The van der Waals surface area contributed by atoms with Crippen LogP contribution in [0.15, 0.2) is 34.2 Å². The third kappa shape index (κ3) is 5.74. The monoisotopic (exact) mass is 491 g/mol. The molecule has 1 N–H and O–H groups in total. The van der Waals surface area contributed by atoms with E-state index in [0.717, 1.165) is 63.1 Å². The number of piperidine rings is 1. The number of piperazine rings is 1. The topological polar surface area (TPSA) is 51.7 Å². The fourth-order valence-electron chi connectivity index (χ4n) is 4.00. The Kier molecular flexibility index (Phi) is 7.28. The van der Waals surface area contributed by atoms with E-state index in [9.17, 15) is 4.79 Å². The highest BCUT2D eigenvalue weighted by atomic mass is 79.9. The van der Waals surface area contributed by atoms with Gasteiger partial charge in [0.15, 0.2) is 0 Å². The van der Waals surface area contributed by atoms with Gasteiger partial charge in [-0.2, -0.15) is 0 Å². The van der Waals surface area contributed by atoms with Gasteiger partial charge in [-0.1, -0.05) is 13.0 Å². The smallest absolute Gasteiger partial charge is 0.317 e. The maximum absolute atomic E-state index is 12.5. The van der Waals surface area contributed by atoms with Gasteiger partial charge < -0.3 is 15.1 Å². The number of carbonyl (C=O) groups excluding carboxylic acids is 1. The van der Waals surface area contributed by atoms with E-state index in [0.29, 0.717) is 6.54 Å². The minimum Gasteiger partial charge on any atom is -0.357 e. The summed E-state index contributed by atoms with van der Waals surface area (Å²) in [5.74, 6) is 1.86. The Morgan fingerprint density at radius 1 is 1.13 bits per heavy atom. The van der Waals surface area contributed by atoms with Crippen LogP contribution in [0.2, 0.25) is 0 Å². The van der Waals surface area contributed by atoms with Crippen LogP contribution in [0.4, 0.5) is 10.6 Å². The van der Waals surface area contributed by atoms with E-state index in [4.69, 9.17) is 0 Å². The fourth-order valence-corrected chi connectivity index (χ4v) is 5.53. The number of pyridine rings is 1. The molecule has 2 amide bonds. The molecule has 2 aliphatic heterocycles. The van der Waals surface area contributed by atoms with Crippen molar-refractivity contribution < 1.29 is 4.79 Å². The molecule has 0 spiro atoms. The van der Waals surface area contributed by atoms with Crippen LogP contribution in [0, 0.1) is 5.92 Å². The second-order valence-electron chi connectivity index (χ2n) is 8.32. The second-order valence-corrected chi connectivity index (χ2v) is 10.9. The molecular weight excluding hydrogens is 462 g/mol. The van der Waals surface area contributed by atoms with Gasteiger partial charge in [-0.25, -0.2) is 9.78 Å². The lowest BCUT2D eigenvalue weighted by atomic mass is 9.99. The predicted octanol–water partition coefficient (Wildman–Crippen LogP) is 4.17. The third-order valence-electron chi connectivity index (χ3n) is 6.03. The molecule has 8 heteroatoms. The number of hydrogen-bond acceptors (Lipinski definition) is 5. The first-order chi connectivity index (χ1) is 14.6.